The Morgan fingerprint density at radius 2 is 2.05 bits per heavy atom. The van der Waals surface area contributed by atoms with E-state index in [1.807, 2.05) is 0 Å². The fraction of sp³-hybridized carbons (Fsp3) is 0.182. The fourth-order valence-electron chi connectivity index (χ4n) is 1.97. The second kappa shape index (κ2) is 4.23. The van der Waals surface area contributed by atoms with Gasteiger partial charge < -0.3 is 4.98 Å². The van der Waals surface area contributed by atoms with Crippen LogP contribution in [0.2, 0.25) is 0 Å². The molecule has 0 aliphatic heterocycles. The van der Waals surface area contributed by atoms with Crippen molar-refractivity contribution in [3.8, 4) is 11.4 Å². The van der Waals surface area contributed by atoms with Gasteiger partial charge in [0.1, 0.15) is 12.0 Å². The molecule has 0 saturated heterocycles. The van der Waals surface area contributed by atoms with Gasteiger partial charge in [-0.3, -0.25) is 4.68 Å². The number of aryl methyl sites for hydroxylation is 1. The Labute approximate surface area is 116 Å². The molecule has 9 heteroatoms. The van der Waals surface area contributed by atoms with Gasteiger partial charge in [-0.25, -0.2) is 9.97 Å². The number of aromatic amines is 1. The molecule has 104 valence electrons. The number of rotatable bonds is 1. The summed E-state index contributed by atoms with van der Waals surface area (Å²) >= 11 is 4.09. The van der Waals surface area contributed by atoms with Crippen molar-refractivity contribution in [2.75, 3.05) is 0 Å². The van der Waals surface area contributed by atoms with Gasteiger partial charge in [0.05, 0.1) is 10.6 Å². The van der Waals surface area contributed by atoms with Gasteiger partial charge in [-0.15, -0.1) is 12.6 Å². The van der Waals surface area contributed by atoms with E-state index in [2.05, 4.69) is 32.7 Å². The Hall–Kier alpha value is -2.03. The predicted octanol–water partition coefficient (Wildman–Crippen LogP) is 2.67. The van der Waals surface area contributed by atoms with Gasteiger partial charge in [0, 0.05) is 24.2 Å². The molecule has 0 atom stereocenters. The first kappa shape index (κ1) is 13.0. The summed E-state index contributed by atoms with van der Waals surface area (Å²) in [6, 6.07) is 1.48. The highest BCUT2D eigenvalue weighted by atomic mass is 32.1. The molecule has 3 heterocycles. The van der Waals surface area contributed by atoms with Gasteiger partial charge in [-0.2, -0.15) is 18.3 Å². The van der Waals surface area contributed by atoms with Crippen LogP contribution in [-0.4, -0.2) is 24.7 Å². The SMILES string of the molecule is Cn1cnc(-c2c(C(F)(F)F)cnc3[nH]c(S)cc23)n1. The molecule has 0 aliphatic carbocycles. The second-order valence-electron chi connectivity index (χ2n) is 4.20. The molecular formula is C11H8F3N5S. The lowest BCUT2D eigenvalue weighted by atomic mass is 10.1. The normalized spacial score (nSPS) is 12.2. The summed E-state index contributed by atoms with van der Waals surface area (Å²) in [5, 5.41) is 4.66. The number of hydrogen-bond acceptors (Lipinski definition) is 4. The smallest absolute Gasteiger partial charge is 0.335 e. The van der Waals surface area contributed by atoms with Gasteiger partial charge in [-0.05, 0) is 6.07 Å². The summed E-state index contributed by atoms with van der Waals surface area (Å²) in [7, 11) is 1.59. The maximum atomic E-state index is 13.1. The van der Waals surface area contributed by atoms with E-state index in [9.17, 15) is 13.2 Å². The van der Waals surface area contributed by atoms with Crippen LogP contribution in [0.1, 0.15) is 5.56 Å². The molecule has 0 amide bonds. The molecule has 0 aliphatic rings. The Balaban J connectivity index is 2.40. The molecular weight excluding hydrogens is 291 g/mol. The third kappa shape index (κ3) is 2.03. The second-order valence-corrected chi connectivity index (χ2v) is 4.69. The molecule has 3 rings (SSSR count). The lowest BCUT2D eigenvalue weighted by Gasteiger charge is -2.10. The van der Waals surface area contributed by atoms with Gasteiger partial charge in [0.25, 0.3) is 0 Å². The first-order valence-corrected chi connectivity index (χ1v) is 5.95. The molecule has 0 saturated carbocycles. The monoisotopic (exact) mass is 299 g/mol. The van der Waals surface area contributed by atoms with Crippen LogP contribution in [0, 0.1) is 0 Å². The van der Waals surface area contributed by atoms with Crippen molar-refractivity contribution in [1.82, 2.24) is 24.7 Å². The Kier molecular flexibility index (Phi) is 2.75. The molecule has 0 fully saturated rings. The van der Waals surface area contributed by atoms with Crippen LogP contribution in [-0.2, 0) is 13.2 Å². The van der Waals surface area contributed by atoms with Crippen molar-refractivity contribution < 1.29 is 13.2 Å². The minimum absolute atomic E-state index is 0.000409. The summed E-state index contributed by atoms with van der Waals surface area (Å²) in [5.74, 6) is -0.000409. The average molecular weight is 299 g/mol. The summed E-state index contributed by atoms with van der Waals surface area (Å²) in [6.45, 7) is 0. The number of nitrogens with zero attached hydrogens (tertiary/aromatic N) is 4. The Morgan fingerprint density at radius 3 is 2.65 bits per heavy atom. The topological polar surface area (TPSA) is 59.4 Å². The van der Waals surface area contributed by atoms with Gasteiger partial charge in [0.15, 0.2) is 5.82 Å². The van der Waals surface area contributed by atoms with Gasteiger partial charge in [-0.1, -0.05) is 0 Å². The van der Waals surface area contributed by atoms with Crippen LogP contribution in [0.15, 0.2) is 23.6 Å². The highest BCUT2D eigenvalue weighted by Gasteiger charge is 2.36. The van der Waals surface area contributed by atoms with E-state index in [0.29, 0.717) is 10.7 Å². The van der Waals surface area contributed by atoms with Crippen molar-refractivity contribution in [3.63, 3.8) is 0 Å². The van der Waals surface area contributed by atoms with E-state index < -0.39 is 11.7 Å². The lowest BCUT2D eigenvalue weighted by molar-refractivity contribution is -0.137. The highest BCUT2D eigenvalue weighted by Crippen LogP contribution is 2.39. The van der Waals surface area contributed by atoms with Crippen molar-refractivity contribution in [2.45, 2.75) is 11.2 Å². The minimum Gasteiger partial charge on any atom is -0.335 e. The molecule has 20 heavy (non-hydrogen) atoms. The van der Waals surface area contributed by atoms with E-state index >= 15 is 0 Å². The zero-order valence-corrected chi connectivity index (χ0v) is 11.0. The molecule has 5 nitrogen and oxygen atoms in total. The molecule has 0 bridgehead atoms. The number of pyridine rings is 1. The van der Waals surface area contributed by atoms with Crippen molar-refractivity contribution in [3.05, 3.63) is 24.2 Å². The summed E-state index contributed by atoms with van der Waals surface area (Å²) in [5.41, 5.74) is -0.659. The van der Waals surface area contributed by atoms with E-state index in [1.165, 1.54) is 17.1 Å². The van der Waals surface area contributed by atoms with Crippen LogP contribution in [0.4, 0.5) is 13.2 Å². The number of alkyl halides is 3. The number of aromatic nitrogens is 5. The number of thiol groups is 1. The molecule has 0 spiro atoms. The number of hydrogen-bond donors (Lipinski definition) is 2. The molecule has 0 unspecified atom stereocenters. The molecule has 3 aromatic rings. The largest absolute Gasteiger partial charge is 0.418 e. The first-order chi connectivity index (χ1) is 9.36. The maximum Gasteiger partial charge on any atom is 0.418 e. The van der Waals surface area contributed by atoms with E-state index in [-0.39, 0.29) is 16.8 Å². The summed E-state index contributed by atoms with van der Waals surface area (Å²) in [4.78, 5) is 10.5. The van der Waals surface area contributed by atoms with Crippen LogP contribution >= 0.6 is 12.6 Å². The highest BCUT2D eigenvalue weighted by molar-refractivity contribution is 7.80. The number of halogens is 3. The van der Waals surface area contributed by atoms with Gasteiger partial charge >= 0.3 is 6.18 Å². The summed E-state index contributed by atoms with van der Waals surface area (Å²) in [6.07, 6.45) is -2.42. The van der Waals surface area contributed by atoms with Crippen LogP contribution < -0.4 is 0 Å². The lowest BCUT2D eigenvalue weighted by Crippen LogP contribution is -2.09. The van der Waals surface area contributed by atoms with Crippen LogP contribution in [0.5, 0.6) is 0 Å². The quantitative estimate of drug-likeness (QED) is 0.679. The molecule has 0 aromatic carbocycles. The predicted molar refractivity (Wildman–Crippen MR) is 68.3 cm³/mol. The zero-order valence-electron chi connectivity index (χ0n) is 10.1. The Morgan fingerprint density at radius 1 is 1.30 bits per heavy atom. The van der Waals surface area contributed by atoms with Crippen LogP contribution in [0.25, 0.3) is 22.4 Å². The third-order valence-electron chi connectivity index (χ3n) is 2.77. The number of H-pyrrole nitrogens is 1. The van der Waals surface area contributed by atoms with E-state index in [1.54, 1.807) is 7.05 Å². The van der Waals surface area contributed by atoms with Crippen LogP contribution in [0.3, 0.4) is 0 Å². The van der Waals surface area contributed by atoms with Crippen molar-refractivity contribution in [1.29, 1.82) is 0 Å². The standard InChI is InChI=1S/C11H8F3N5S/c1-19-4-16-10(18-19)8-5-2-7(20)17-9(5)15-3-6(8)11(12,13)14/h2-4,20H,1H3,(H,15,17). The van der Waals surface area contributed by atoms with Crippen molar-refractivity contribution in [2.24, 2.45) is 7.05 Å². The number of fused-ring (bicyclic) bond motifs is 1. The Bertz CT molecular complexity index is 789. The maximum absolute atomic E-state index is 13.1. The van der Waals surface area contributed by atoms with E-state index in [0.717, 1.165) is 6.20 Å². The molecule has 0 radical (unpaired) electrons. The van der Waals surface area contributed by atoms with E-state index in [4.69, 9.17) is 0 Å². The fourth-order valence-corrected chi connectivity index (χ4v) is 2.21. The average Bonchev–Trinajstić information content (AvgIpc) is 2.91. The third-order valence-corrected chi connectivity index (χ3v) is 3.01. The van der Waals surface area contributed by atoms with Crippen molar-refractivity contribution >= 4 is 23.7 Å². The molecule has 1 N–H and O–H groups in total. The van der Waals surface area contributed by atoms with Gasteiger partial charge in [0.2, 0.25) is 0 Å². The molecule has 3 aromatic heterocycles. The zero-order chi connectivity index (χ0) is 14.5. The summed E-state index contributed by atoms with van der Waals surface area (Å²) < 4.78 is 40.8. The first-order valence-electron chi connectivity index (χ1n) is 5.50. The minimum atomic E-state index is -4.54. The number of nitrogens with one attached hydrogen (secondary N) is 1.